The lowest BCUT2D eigenvalue weighted by Gasteiger charge is -2.22. The number of ether oxygens (including phenoxy) is 1. The number of aromatic nitrogens is 3. The number of amides is 1. The molecule has 1 atom stereocenters. The van der Waals surface area contributed by atoms with Crippen LogP contribution in [0.5, 0.6) is 5.75 Å². The van der Waals surface area contributed by atoms with Crippen molar-refractivity contribution >= 4 is 17.7 Å². The maximum absolute atomic E-state index is 12.6. The van der Waals surface area contributed by atoms with Gasteiger partial charge in [-0.05, 0) is 37.8 Å². The Bertz CT molecular complexity index is 830. The predicted molar refractivity (Wildman–Crippen MR) is 117 cm³/mol. The number of carbonyl (C=O) groups is 1. The molecule has 1 aliphatic carbocycles. The number of allylic oxidation sites excluding steroid dienone is 1. The van der Waals surface area contributed by atoms with E-state index < -0.39 is 0 Å². The van der Waals surface area contributed by atoms with Crippen LogP contribution in [0.1, 0.15) is 39.0 Å². The van der Waals surface area contributed by atoms with Crippen LogP contribution < -0.4 is 10.1 Å². The molecular formula is C22H30N4O2S. The summed E-state index contributed by atoms with van der Waals surface area (Å²) in [7, 11) is 1.64. The van der Waals surface area contributed by atoms with E-state index in [4.69, 9.17) is 4.74 Å². The van der Waals surface area contributed by atoms with Crippen LogP contribution in [-0.2, 0) is 11.3 Å². The fourth-order valence-corrected chi connectivity index (χ4v) is 4.57. The predicted octanol–water partition coefficient (Wildman–Crippen LogP) is 4.32. The molecule has 0 radical (unpaired) electrons. The molecule has 1 N–H and O–H groups in total. The van der Waals surface area contributed by atoms with Crippen molar-refractivity contribution in [3.63, 3.8) is 0 Å². The van der Waals surface area contributed by atoms with E-state index in [-0.39, 0.29) is 11.2 Å². The third kappa shape index (κ3) is 5.41. The number of nitrogens with zero attached hydrogens (tertiary/aromatic N) is 3. The zero-order valence-electron chi connectivity index (χ0n) is 17.3. The molecule has 6 nitrogen and oxygen atoms in total. The zero-order chi connectivity index (χ0) is 20.6. The molecule has 1 heterocycles. The van der Waals surface area contributed by atoms with Crippen LogP contribution in [-0.4, -0.2) is 39.6 Å². The number of thioether (sulfide) groups is 1. The largest absolute Gasteiger partial charge is 0.496 e. The number of rotatable bonds is 9. The van der Waals surface area contributed by atoms with E-state index in [2.05, 4.69) is 22.1 Å². The minimum atomic E-state index is -0.253. The Morgan fingerprint density at radius 3 is 2.83 bits per heavy atom. The maximum atomic E-state index is 12.6. The van der Waals surface area contributed by atoms with Crippen molar-refractivity contribution in [2.24, 2.45) is 5.92 Å². The second-order valence-electron chi connectivity index (χ2n) is 7.42. The number of nitrogens with one attached hydrogen (secondary N) is 1. The highest BCUT2D eigenvalue weighted by Gasteiger charge is 2.22. The average molecular weight is 415 g/mol. The topological polar surface area (TPSA) is 69.0 Å². The van der Waals surface area contributed by atoms with Gasteiger partial charge in [0.1, 0.15) is 5.75 Å². The van der Waals surface area contributed by atoms with Crippen LogP contribution in [0, 0.1) is 5.92 Å². The van der Waals surface area contributed by atoms with E-state index in [1.54, 1.807) is 13.2 Å². The van der Waals surface area contributed by atoms with Gasteiger partial charge in [-0.15, -0.1) is 16.8 Å². The number of hydrogen-bond acceptors (Lipinski definition) is 5. The van der Waals surface area contributed by atoms with E-state index in [9.17, 15) is 4.79 Å². The van der Waals surface area contributed by atoms with Gasteiger partial charge in [0, 0.05) is 13.1 Å². The van der Waals surface area contributed by atoms with Crippen LogP contribution in [0.25, 0.3) is 11.4 Å². The van der Waals surface area contributed by atoms with Crippen molar-refractivity contribution in [3.8, 4) is 17.1 Å². The fraction of sp³-hybridized carbons (Fsp3) is 0.500. The molecule has 0 unspecified atom stereocenters. The number of hydrogen-bond donors (Lipinski definition) is 1. The molecule has 1 aromatic heterocycles. The summed E-state index contributed by atoms with van der Waals surface area (Å²) in [4.78, 5) is 12.6. The maximum Gasteiger partial charge on any atom is 0.233 e. The lowest BCUT2D eigenvalue weighted by molar-refractivity contribution is -0.120. The van der Waals surface area contributed by atoms with Crippen LogP contribution in [0.3, 0.4) is 0 Å². The Labute approximate surface area is 177 Å². The molecule has 0 spiro atoms. The van der Waals surface area contributed by atoms with E-state index in [1.807, 2.05) is 35.8 Å². The fourth-order valence-electron chi connectivity index (χ4n) is 3.69. The number of carbonyl (C=O) groups excluding carboxylic acids is 1. The highest BCUT2D eigenvalue weighted by molar-refractivity contribution is 8.00. The third-order valence-corrected chi connectivity index (χ3v) is 6.40. The highest BCUT2D eigenvalue weighted by atomic mass is 32.2. The second-order valence-corrected chi connectivity index (χ2v) is 8.72. The van der Waals surface area contributed by atoms with E-state index >= 15 is 0 Å². The van der Waals surface area contributed by atoms with Crippen molar-refractivity contribution in [1.29, 1.82) is 0 Å². The van der Waals surface area contributed by atoms with Crippen LogP contribution in [0.15, 0.2) is 42.1 Å². The summed E-state index contributed by atoms with van der Waals surface area (Å²) in [6.45, 7) is 7.09. The van der Waals surface area contributed by atoms with Gasteiger partial charge in [-0.3, -0.25) is 9.36 Å². The van der Waals surface area contributed by atoms with Crippen LogP contribution >= 0.6 is 11.8 Å². The molecule has 0 aliphatic heterocycles. The van der Waals surface area contributed by atoms with Gasteiger partial charge in [-0.1, -0.05) is 49.2 Å². The monoisotopic (exact) mass is 414 g/mol. The first kappa shape index (κ1) is 21.4. The highest BCUT2D eigenvalue weighted by Crippen LogP contribution is 2.32. The quantitative estimate of drug-likeness (QED) is 0.489. The number of para-hydroxylation sites is 1. The lowest BCUT2D eigenvalue weighted by Crippen LogP contribution is -2.35. The summed E-state index contributed by atoms with van der Waals surface area (Å²) in [5.74, 6) is 2.11. The molecule has 156 valence electrons. The second kappa shape index (κ2) is 10.5. The van der Waals surface area contributed by atoms with Crippen molar-refractivity contribution in [2.75, 3.05) is 13.7 Å². The Morgan fingerprint density at radius 2 is 2.10 bits per heavy atom. The van der Waals surface area contributed by atoms with E-state index in [0.29, 0.717) is 23.4 Å². The summed E-state index contributed by atoms with van der Waals surface area (Å²) in [6, 6.07) is 7.72. The van der Waals surface area contributed by atoms with E-state index in [0.717, 1.165) is 17.9 Å². The first-order valence-corrected chi connectivity index (χ1v) is 11.1. The summed E-state index contributed by atoms with van der Waals surface area (Å²) in [5.41, 5.74) is 0.866. The van der Waals surface area contributed by atoms with Crippen molar-refractivity contribution in [2.45, 2.75) is 56.0 Å². The summed E-state index contributed by atoms with van der Waals surface area (Å²) in [6.07, 6.45) is 8.13. The molecule has 0 saturated heterocycles. The molecule has 3 rings (SSSR count). The Balaban J connectivity index is 1.70. The van der Waals surface area contributed by atoms with Gasteiger partial charge >= 0.3 is 0 Å². The summed E-state index contributed by atoms with van der Waals surface area (Å²) >= 11 is 1.42. The summed E-state index contributed by atoms with van der Waals surface area (Å²) < 4.78 is 7.45. The van der Waals surface area contributed by atoms with Gasteiger partial charge in [0.15, 0.2) is 11.0 Å². The Kier molecular flexibility index (Phi) is 7.75. The van der Waals surface area contributed by atoms with E-state index in [1.165, 1.54) is 43.9 Å². The van der Waals surface area contributed by atoms with Gasteiger partial charge in [0.05, 0.1) is 17.9 Å². The lowest BCUT2D eigenvalue weighted by atomic mass is 9.89. The molecule has 1 fully saturated rings. The van der Waals surface area contributed by atoms with Gasteiger partial charge in [0.25, 0.3) is 0 Å². The normalized spacial score (nSPS) is 15.7. The van der Waals surface area contributed by atoms with Gasteiger partial charge < -0.3 is 10.1 Å². The molecule has 1 saturated carbocycles. The molecule has 7 heteroatoms. The standard InChI is InChI=1S/C22H30N4O2S/c1-4-14-26-20(18-12-8-9-13-19(18)28-3)24-25-22(26)29-16(2)21(27)23-15-17-10-6-5-7-11-17/h4,8-9,12-13,16-17H,1,5-7,10-11,14-15H2,2-3H3,(H,23,27)/t16-/m0/s1. The Morgan fingerprint density at radius 1 is 1.34 bits per heavy atom. The van der Waals surface area contributed by atoms with Gasteiger partial charge in [-0.2, -0.15) is 0 Å². The van der Waals surface area contributed by atoms with Crippen LogP contribution in [0.2, 0.25) is 0 Å². The van der Waals surface area contributed by atoms with Crippen molar-refractivity contribution < 1.29 is 9.53 Å². The van der Waals surface area contributed by atoms with Gasteiger partial charge in [-0.25, -0.2) is 0 Å². The minimum absolute atomic E-state index is 0.0487. The molecule has 1 amide bonds. The molecule has 0 bridgehead atoms. The number of benzene rings is 1. The van der Waals surface area contributed by atoms with Gasteiger partial charge in [0.2, 0.25) is 5.91 Å². The number of methoxy groups -OCH3 is 1. The molecule has 1 aliphatic rings. The third-order valence-electron chi connectivity index (χ3n) is 5.32. The molecular weight excluding hydrogens is 384 g/mol. The molecule has 2 aromatic rings. The smallest absolute Gasteiger partial charge is 0.233 e. The SMILES string of the molecule is C=CCn1c(S[C@@H](C)C(=O)NCC2CCCCC2)nnc1-c1ccccc1OC. The first-order chi connectivity index (χ1) is 14.1. The molecule has 29 heavy (non-hydrogen) atoms. The van der Waals surface area contributed by atoms with Crippen molar-refractivity contribution in [1.82, 2.24) is 20.1 Å². The van der Waals surface area contributed by atoms with Crippen LogP contribution in [0.4, 0.5) is 0 Å². The minimum Gasteiger partial charge on any atom is -0.496 e. The molecule has 1 aromatic carbocycles. The van der Waals surface area contributed by atoms with Crippen molar-refractivity contribution in [3.05, 3.63) is 36.9 Å². The Hall–Kier alpha value is -2.28. The average Bonchev–Trinajstić information content (AvgIpc) is 3.15. The summed E-state index contributed by atoms with van der Waals surface area (Å²) in [5, 5.41) is 12.3. The zero-order valence-corrected chi connectivity index (χ0v) is 18.1. The first-order valence-electron chi connectivity index (χ1n) is 10.3.